The third-order valence-electron chi connectivity index (χ3n) is 2.81. The summed E-state index contributed by atoms with van der Waals surface area (Å²) >= 11 is 0. The number of nitrogen functional groups attached to an aromatic ring is 1. The van der Waals surface area contributed by atoms with Gasteiger partial charge < -0.3 is 15.8 Å². The molecule has 21 heavy (non-hydrogen) atoms. The molecule has 0 saturated heterocycles. The van der Waals surface area contributed by atoms with Crippen molar-refractivity contribution in [2.75, 3.05) is 12.3 Å². The van der Waals surface area contributed by atoms with E-state index in [1.807, 2.05) is 30.3 Å². The van der Waals surface area contributed by atoms with Gasteiger partial charge in [-0.25, -0.2) is 4.79 Å². The molecule has 0 aromatic heterocycles. The summed E-state index contributed by atoms with van der Waals surface area (Å²) in [6.45, 7) is 0.0924. The van der Waals surface area contributed by atoms with Crippen LogP contribution in [-0.2, 0) is 16.1 Å². The predicted octanol–water partition coefficient (Wildman–Crippen LogP) is 1.74. The van der Waals surface area contributed by atoms with Crippen LogP contribution in [0.4, 0.5) is 5.69 Å². The lowest BCUT2D eigenvalue weighted by atomic mass is 10.2. The summed E-state index contributed by atoms with van der Waals surface area (Å²) in [6, 6.07) is 15.8. The number of benzene rings is 2. The van der Waals surface area contributed by atoms with E-state index in [1.165, 1.54) is 0 Å². The minimum absolute atomic E-state index is 0.309. The van der Waals surface area contributed by atoms with Crippen LogP contribution in [0.3, 0.4) is 0 Å². The number of rotatable bonds is 5. The Labute approximate surface area is 122 Å². The van der Waals surface area contributed by atoms with Gasteiger partial charge in [-0.15, -0.1) is 0 Å². The molecular formula is C16H16N2O3. The van der Waals surface area contributed by atoms with Crippen molar-refractivity contribution in [2.24, 2.45) is 0 Å². The molecule has 108 valence electrons. The van der Waals surface area contributed by atoms with Gasteiger partial charge in [0.15, 0.2) is 6.61 Å². The summed E-state index contributed by atoms with van der Waals surface area (Å²) in [6.07, 6.45) is 0. The van der Waals surface area contributed by atoms with Gasteiger partial charge in [-0.05, 0) is 29.8 Å². The van der Waals surface area contributed by atoms with Gasteiger partial charge in [0.25, 0.3) is 5.91 Å². The predicted molar refractivity (Wildman–Crippen MR) is 79.4 cm³/mol. The molecule has 2 aromatic carbocycles. The van der Waals surface area contributed by atoms with Crippen LogP contribution in [0.15, 0.2) is 54.6 Å². The fourth-order valence-electron chi connectivity index (χ4n) is 1.68. The summed E-state index contributed by atoms with van der Waals surface area (Å²) < 4.78 is 4.93. The first kappa shape index (κ1) is 14.6. The Bertz CT molecular complexity index is 609. The Morgan fingerprint density at radius 2 is 1.67 bits per heavy atom. The van der Waals surface area contributed by atoms with E-state index in [9.17, 15) is 9.59 Å². The number of hydrogen-bond acceptors (Lipinski definition) is 4. The summed E-state index contributed by atoms with van der Waals surface area (Å²) in [5, 5.41) is 2.68. The van der Waals surface area contributed by atoms with E-state index in [4.69, 9.17) is 10.5 Å². The van der Waals surface area contributed by atoms with Crippen LogP contribution in [0.5, 0.6) is 0 Å². The summed E-state index contributed by atoms with van der Waals surface area (Å²) in [5.41, 5.74) is 7.43. The zero-order valence-corrected chi connectivity index (χ0v) is 11.4. The molecule has 0 aliphatic heterocycles. The molecule has 0 radical (unpaired) electrons. The number of nitrogens with two attached hydrogens (primary N) is 1. The van der Waals surface area contributed by atoms with Crippen molar-refractivity contribution in [3.8, 4) is 0 Å². The Balaban J connectivity index is 1.76. The van der Waals surface area contributed by atoms with Crippen molar-refractivity contribution < 1.29 is 14.3 Å². The zero-order chi connectivity index (χ0) is 15.1. The lowest BCUT2D eigenvalue weighted by molar-refractivity contribution is -0.124. The number of carbonyl (C=O) groups is 2. The molecule has 0 aliphatic carbocycles. The van der Waals surface area contributed by atoms with Crippen molar-refractivity contribution in [1.29, 1.82) is 0 Å². The molecule has 0 fully saturated rings. The standard InChI is InChI=1S/C16H16N2O3/c17-14-8-6-13(7-9-14)16(20)21-11-15(19)18-10-12-4-2-1-3-5-12/h1-9H,10-11,17H2,(H,18,19). The van der Waals surface area contributed by atoms with Crippen LogP contribution in [0, 0.1) is 0 Å². The van der Waals surface area contributed by atoms with Crippen LogP contribution >= 0.6 is 0 Å². The molecule has 0 heterocycles. The topological polar surface area (TPSA) is 81.4 Å². The van der Waals surface area contributed by atoms with Gasteiger partial charge in [0.1, 0.15) is 0 Å². The summed E-state index contributed by atoms with van der Waals surface area (Å²) in [5.74, 6) is -0.896. The van der Waals surface area contributed by atoms with Crippen LogP contribution in [0.25, 0.3) is 0 Å². The SMILES string of the molecule is Nc1ccc(C(=O)OCC(=O)NCc2ccccc2)cc1. The first-order valence-corrected chi connectivity index (χ1v) is 6.48. The maximum Gasteiger partial charge on any atom is 0.338 e. The minimum Gasteiger partial charge on any atom is -0.452 e. The van der Waals surface area contributed by atoms with Gasteiger partial charge in [0.05, 0.1) is 5.56 Å². The molecule has 3 N–H and O–H groups in total. The van der Waals surface area contributed by atoms with Gasteiger partial charge in [-0.3, -0.25) is 4.79 Å². The van der Waals surface area contributed by atoms with Crippen LogP contribution in [0.2, 0.25) is 0 Å². The van der Waals surface area contributed by atoms with Crippen LogP contribution in [0.1, 0.15) is 15.9 Å². The van der Waals surface area contributed by atoms with Crippen LogP contribution in [-0.4, -0.2) is 18.5 Å². The Morgan fingerprint density at radius 3 is 2.33 bits per heavy atom. The number of esters is 1. The Hall–Kier alpha value is -2.82. The van der Waals surface area contributed by atoms with E-state index in [0.29, 0.717) is 17.8 Å². The second-order valence-electron chi connectivity index (χ2n) is 4.46. The number of nitrogens with one attached hydrogen (secondary N) is 1. The van der Waals surface area contributed by atoms with E-state index >= 15 is 0 Å². The smallest absolute Gasteiger partial charge is 0.338 e. The van der Waals surface area contributed by atoms with Crippen molar-refractivity contribution in [2.45, 2.75) is 6.54 Å². The van der Waals surface area contributed by atoms with E-state index in [1.54, 1.807) is 24.3 Å². The highest BCUT2D eigenvalue weighted by Gasteiger charge is 2.09. The molecule has 5 nitrogen and oxygen atoms in total. The van der Waals surface area contributed by atoms with Gasteiger partial charge in [-0.2, -0.15) is 0 Å². The number of ether oxygens (including phenoxy) is 1. The molecule has 1 amide bonds. The molecule has 0 spiro atoms. The van der Waals surface area contributed by atoms with E-state index < -0.39 is 5.97 Å². The number of amides is 1. The van der Waals surface area contributed by atoms with Crippen molar-refractivity contribution in [3.05, 3.63) is 65.7 Å². The van der Waals surface area contributed by atoms with Gasteiger partial charge in [0.2, 0.25) is 0 Å². The molecular weight excluding hydrogens is 268 g/mol. The number of anilines is 1. The second-order valence-corrected chi connectivity index (χ2v) is 4.46. The molecule has 2 rings (SSSR count). The first-order chi connectivity index (χ1) is 10.1. The molecule has 0 unspecified atom stereocenters. The lowest BCUT2D eigenvalue weighted by Crippen LogP contribution is -2.28. The quantitative estimate of drug-likeness (QED) is 0.647. The fourth-order valence-corrected chi connectivity index (χ4v) is 1.68. The van der Waals surface area contributed by atoms with Gasteiger partial charge in [-0.1, -0.05) is 30.3 Å². The highest BCUT2D eigenvalue weighted by Crippen LogP contribution is 2.06. The summed E-state index contributed by atoms with van der Waals surface area (Å²) in [4.78, 5) is 23.3. The molecule has 0 aliphatic rings. The largest absolute Gasteiger partial charge is 0.452 e. The normalized spacial score (nSPS) is 9.90. The van der Waals surface area contributed by atoms with Crippen molar-refractivity contribution >= 4 is 17.6 Å². The van der Waals surface area contributed by atoms with Crippen molar-refractivity contribution in [1.82, 2.24) is 5.32 Å². The van der Waals surface area contributed by atoms with E-state index in [-0.39, 0.29) is 12.5 Å². The van der Waals surface area contributed by atoms with Gasteiger partial charge in [0, 0.05) is 12.2 Å². The summed E-state index contributed by atoms with van der Waals surface area (Å²) in [7, 11) is 0. The molecule has 0 saturated carbocycles. The number of hydrogen-bond donors (Lipinski definition) is 2. The second kappa shape index (κ2) is 7.09. The Morgan fingerprint density at radius 1 is 1.00 bits per heavy atom. The van der Waals surface area contributed by atoms with E-state index in [0.717, 1.165) is 5.56 Å². The highest BCUT2D eigenvalue weighted by atomic mass is 16.5. The van der Waals surface area contributed by atoms with Crippen LogP contribution < -0.4 is 11.1 Å². The van der Waals surface area contributed by atoms with Gasteiger partial charge >= 0.3 is 5.97 Å². The van der Waals surface area contributed by atoms with E-state index in [2.05, 4.69) is 5.32 Å². The lowest BCUT2D eigenvalue weighted by Gasteiger charge is -2.07. The number of carbonyl (C=O) groups excluding carboxylic acids is 2. The maximum absolute atomic E-state index is 11.7. The van der Waals surface area contributed by atoms with Crippen molar-refractivity contribution in [3.63, 3.8) is 0 Å². The highest BCUT2D eigenvalue weighted by molar-refractivity contribution is 5.91. The average Bonchev–Trinajstić information content (AvgIpc) is 2.52. The maximum atomic E-state index is 11.7. The first-order valence-electron chi connectivity index (χ1n) is 6.48. The average molecular weight is 284 g/mol. The molecule has 5 heteroatoms. The Kier molecular flexibility index (Phi) is 4.93. The fraction of sp³-hybridized carbons (Fsp3) is 0.125. The minimum atomic E-state index is -0.551. The third-order valence-corrected chi connectivity index (χ3v) is 2.81. The monoisotopic (exact) mass is 284 g/mol. The molecule has 0 atom stereocenters. The zero-order valence-electron chi connectivity index (χ0n) is 11.4. The third kappa shape index (κ3) is 4.65. The molecule has 0 bridgehead atoms. The molecule has 2 aromatic rings.